The fourth-order valence-electron chi connectivity index (χ4n) is 4.39. The maximum Gasteiger partial charge on any atom is 0.272 e. The number of hydrogen-bond acceptors (Lipinski definition) is 7. The number of nitrogens with zero attached hydrogens (tertiary/aromatic N) is 3. The van der Waals surface area contributed by atoms with Gasteiger partial charge in [0.2, 0.25) is 5.91 Å². The molecular formula is C26H22N4O5. The van der Waals surface area contributed by atoms with Crippen LogP contribution >= 0.6 is 0 Å². The van der Waals surface area contributed by atoms with Gasteiger partial charge in [0, 0.05) is 5.69 Å². The average molecular weight is 470 g/mol. The number of fused-ring (bicyclic) bond motifs is 1. The van der Waals surface area contributed by atoms with E-state index in [-0.39, 0.29) is 5.71 Å². The van der Waals surface area contributed by atoms with Crippen molar-refractivity contribution in [3.05, 3.63) is 78.9 Å². The molecule has 5 rings (SSSR count). The lowest BCUT2D eigenvalue weighted by molar-refractivity contribution is -0.122. The Balaban J connectivity index is 1.60. The Labute approximate surface area is 201 Å². The minimum Gasteiger partial charge on any atom is -0.495 e. The lowest BCUT2D eigenvalue weighted by Gasteiger charge is -2.24. The molecule has 9 nitrogen and oxygen atoms in total. The summed E-state index contributed by atoms with van der Waals surface area (Å²) in [6, 6.07) is 21.5. The van der Waals surface area contributed by atoms with Gasteiger partial charge in [0.25, 0.3) is 11.8 Å². The topological polar surface area (TPSA) is 101 Å². The number of benzene rings is 3. The number of hydrogen-bond donors (Lipinski definition) is 1. The predicted molar refractivity (Wildman–Crippen MR) is 131 cm³/mol. The van der Waals surface area contributed by atoms with E-state index in [2.05, 4.69) is 10.4 Å². The second-order valence-electron chi connectivity index (χ2n) is 7.93. The summed E-state index contributed by atoms with van der Waals surface area (Å²) in [5.74, 6) is -1.92. The molecular weight excluding hydrogens is 448 g/mol. The summed E-state index contributed by atoms with van der Waals surface area (Å²) in [5, 5.41) is 8.65. The summed E-state index contributed by atoms with van der Waals surface area (Å²) < 4.78 is 10.9. The summed E-state index contributed by atoms with van der Waals surface area (Å²) >= 11 is 0. The first-order valence-corrected chi connectivity index (χ1v) is 10.9. The normalized spacial score (nSPS) is 18.9. The Kier molecular flexibility index (Phi) is 5.66. The number of nitrogens with one attached hydrogen (secondary N) is 1. The quantitative estimate of drug-likeness (QED) is 0.556. The highest BCUT2D eigenvalue weighted by molar-refractivity contribution is 6.51. The molecule has 176 valence electrons. The number of rotatable bonds is 6. The van der Waals surface area contributed by atoms with E-state index in [1.165, 1.54) is 19.2 Å². The molecule has 1 N–H and O–H groups in total. The van der Waals surface area contributed by atoms with Crippen molar-refractivity contribution in [2.24, 2.45) is 11.0 Å². The van der Waals surface area contributed by atoms with Crippen LogP contribution in [0.3, 0.4) is 0 Å². The van der Waals surface area contributed by atoms with Crippen molar-refractivity contribution >= 4 is 40.5 Å². The summed E-state index contributed by atoms with van der Waals surface area (Å²) in [6.45, 7) is 0. The number of para-hydroxylation sites is 5. The third-order valence-electron chi connectivity index (χ3n) is 5.97. The summed E-state index contributed by atoms with van der Waals surface area (Å²) in [5.41, 5.74) is 1.27. The molecule has 2 heterocycles. The Morgan fingerprint density at radius 2 is 1.37 bits per heavy atom. The third-order valence-corrected chi connectivity index (χ3v) is 5.97. The van der Waals surface area contributed by atoms with Crippen molar-refractivity contribution in [1.82, 2.24) is 0 Å². The SMILES string of the molecule is COc1ccccc1N1C(=O)[C@H]2C(C(=O)Nc3ccccc3)=NN(c3ccccc3OC)[C@H]2C1=O. The van der Waals surface area contributed by atoms with E-state index in [4.69, 9.17) is 9.47 Å². The van der Waals surface area contributed by atoms with Crippen LogP contribution in [0.15, 0.2) is 84.0 Å². The highest BCUT2D eigenvalue weighted by atomic mass is 16.5. The standard InChI is InChI=1S/C26H22N4O5/c1-34-19-14-8-6-12-17(19)29-25(32)21-22(24(31)27-16-10-4-3-5-11-16)28-30(23(21)26(29)33)18-13-7-9-15-20(18)35-2/h3-15,21,23H,1-2H3,(H,27,31)/t21-,23+/m0/s1. The molecule has 3 aromatic carbocycles. The largest absolute Gasteiger partial charge is 0.495 e. The van der Waals surface area contributed by atoms with E-state index < -0.39 is 29.7 Å². The van der Waals surface area contributed by atoms with Gasteiger partial charge in [-0.1, -0.05) is 42.5 Å². The van der Waals surface area contributed by atoms with Gasteiger partial charge in [-0.15, -0.1) is 0 Å². The molecule has 9 heteroatoms. The van der Waals surface area contributed by atoms with Crippen LogP contribution in [0.2, 0.25) is 0 Å². The molecule has 0 saturated carbocycles. The van der Waals surface area contributed by atoms with Gasteiger partial charge in [0.1, 0.15) is 34.9 Å². The molecule has 1 fully saturated rings. The smallest absolute Gasteiger partial charge is 0.272 e. The van der Waals surface area contributed by atoms with Crippen molar-refractivity contribution in [3.8, 4) is 11.5 Å². The van der Waals surface area contributed by atoms with Crippen molar-refractivity contribution in [1.29, 1.82) is 0 Å². The van der Waals surface area contributed by atoms with Gasteiger partial charge in [-0.25, -0.2) is 9.91 Å². The van der Waals surface area contributed by atoms with Gasteiger partial charge in [-0.2, -0.15) is 5.10 Å². The molecule has 0 aromatic heterocycles. The van der Waals surface area contributed by atoms with Crippen LogP contribution in [-0.2, 0) is 14.4 Å². The average Bonchev–Trinajstić information content (AvgIpc) is 3.41. The number of anilines is 3. The molecule has 0 radical (unpaired) electrons. The highest BCUT2D eigenvalue weighted by Crippen LogP contribution is 2.42. The molecule has 2 aliphatic heterocycles. The van der Waals surface area contributed by atoms with E-state index in [1.807, 2.05) is 6.07 Å². The van der Waals surface area contributed by atoms with Crippen molar-refractivity contribution in [2.75, 3.05) is 29.4 Å². The first-order valence-electron chi connectivity index (χ1n) is 10.9. The van der Waals surface area contributed by atoms with E-state index >= 15 is 0 Å². The predicted octanol–water partition coefficient (Wildman–Crippen LogP) is 3.08. The number of carbonyl (C=O) groups excluding carboxylic acids is 3. The Hall–Kier alpha value is -4.66. The van der Waals surface area contributed by atoms with E-state index in [0.29, 0.717) is 28.6 Å². The highest BCUT2D eigenvalue weighted by Gasteiger charge is 2.59. The van der Waals surface area contributed by atoms with Crippen LogP contribution in [0.4, 0.5) is 17.1 Å². The Morgan fingerprint density at radius 3 is 2.03 bits per heavy atom. The van der Waals surface area contributed by atoms with Crippen LogP contribution in [0, 0.1) is 5.92 Å². The first kappa shape index (κ1) is 22.1. The molecule has 2 aliphatic rings. The first-order chi connectivity index (χ1) is 17.0. The number of carbonyl (C=O) groups is 3. The molecule has 3 amide bonds. The minimum atomic E-state index is -1.11. The summed E-state index contributed by atoms with van der Waals surface area (Å²) in [7, 11) is 2.97. The molecule has 35 heavy (non-hydrogen) atoms. The minimum absolute atomic E-state index is 0.0551. The van der Waals surface area contributed by atoms with Gasteiger partial charge >= 0.3 is 0 Å². The molecule has 2 atom stereocenters. The molecule has 3 aromatic rings. The lowest BCUT2D eigenvalue weighted by atomic mass is 9.97. The fourth-order valence-corrected chi connectivity index (χ4v) is 4.39. The number of ether oxygens (including phenoxy) is 2. The van der Waals surface area contributed by atoms with E-state index in [9.17, 15) is 14.4 Å². The second-order valence-corrected chi connectivity index (χ2v) is 7.93. The van der Waals surface area contributed by atoms with Crippen LogP contribution < -0.4 is 24.7 Å². The van der Waals surface area contributed by atoms with Gasteiger partial charge in [0.05, 0.1) is 19.9 Å². The maximum atomic E-state index is 13.7. The molecule has 0 aliphatic carbocycles. The van der Waals surface area contributed by atoms with E-state index in [1.54, 1.807) is 72.8 Å². The molecule has 1 saturated heterocycles. The van der Waals surface area contributed by atoms with E-state index in [0.717, 1.165) is 4.90 Å². The zero-order valence-electron chi connectivity index (χ0n) is 19.0. The monoisotopic (exact) mass is 470 g/mol. The number of amides is 3. The fraction of sp³-hybridized carbons (Fsp3) is 0.154. The molecule has 0 bridgehead atoms. The van der Waals surface area contributed by atoms with Crippen LogP contribution in [0.25, 0.3) is 0 Å². The van der Waals surface area contributed by atoms with Gasteiger partial charge < -0.3 is 14.8 Å². The number of methoxy groups -OCH3 is 2. The zero-order chi connectivity index (χ0) is 24.5. The molecule has 0 unspecified atom stereocenters. The molecule has 0 spiro atoms. The third kappa shape index (κ3) is 3.67. The van der Waals surface area contributed by atoms with Crippen LogP contribution in [0.5, 0.6) is 11.5 Å². The summed E-state index contributed by atoms with van der Waals surface area (Å²) in [4.78, 5) is 41.8. The summed E-state index contributed by atoms with van der Waals surface area (Å²) in [6.07, 6.45) is 0. The Bertz CT molecular complexity index is 1340. The number of imide groups is 1. The zero-order valence-corrected chi connectivity index (χ0v) is 19.0. The van der Waals surface area contributed by atoms with Gasteiger partial charge in [0.15, 0.2) is 0 Å². The number of hydrazone groups is 1. The van der Waals surface area contributed by atoms with Gasteiger partial charge in [-0.05, 0) is 36.4 Å². The van der Waals surface area contributed by atoms with Crippen molar-refractivity contribution < 1.29 is 23.9 Å². The van der Waals surface area contributed by atoms with Crippen molar-refractivity contribution in [3.63, 3.8) is 0 Å². The second kappa shape index (κ2) is 8.94. The van der Waals surface area contributed by atoms with Crippen LogP contribution in [0.1, 0.15) is 0 Å². The van der Waals surface area contributed by atoms with Gasteiger partial charge in [-0.3, -0.25) is 14.4 Å². The Morgan fingerprint density at radius 1 is 0.800 bits per heavy atom. The van der Waals surface area contributed by atoms with Crippen molar-refractivity contribution in [2.45, 2.75) is 6.04 Å². The lowest BCUT2D eigenvalue weighted by Crippen LogP contribution is -2.39. The van der Waals surface area contributed by atoms with Crippen LogP contribution in [-0.4, -0.2) is 43.7 Å². The maximum absolute atomic E-state index is 13.7.